The minimum atomic E-state index is -6.28. The van der Waals surface area contributed by atoms with Gasteiger partial charge in [-0.3, -0.25) is 27.1 Å². The van der Waals surface area contributed by atoms with E-state index in [1.165, 1.54) is 22.7 Å². The quantitative estimate of drug-likeness (QED) is 0.00799. The Hall–Kier alpha value is -0.460. The third-order valence-electron chi connectivity index (χ3n) is 11.5. The molecule has 0 amide bonds. The number of imidazole rings is 2. The first kappa shape index (κ1) is 82.6. The number of thioether (sulfide) groups is 4. The molecule has 0 aliphatic carbocycles. The average Bonchev–Trinajstić information content (AvgIpc) is 1.86. The minimum Gasteiger partial charge on any atom is -0.776 e. The van der Waals surface area contributed by atoms with E-state index in [4.69, 9.17) is 51.7 Å². The number of rotatable bonds is 27. The first-order chi connectivity index (χ1) is 38.6. The van der Waals surface area contributed by atoms with Crippen LogP contribution in [0.3, 0.4) is 0 Å². The van der Waals surface area contributed by atoms with Gasteiger partial charge in [0, 0.05) is 49.2 Å². The third kappa shape index (κ3) is 22.3. The molecular weight excluding hydrogens is 1400 g/mol. The molecule has 3 aliphatic rings. The van der Waals surface area contributed by atoms with Gasteiger partial charge in [0.05, 0.1) is 51.9 Å². The second kappa shape index (κ2) is 34.8. The van der Waals surface area contributed by atoms with Crippen molar-refractivity contribution in [3.05, 3.63) is 12.7 Å². The zero-order chi connectivity index (χ0) is 61.5. The number of ether oxygens (including phenoxy) is 3. The number of aromatic nitrogens is 8. The summed E-state index contributed by atoms with van der Waals surface area (Å²) in [5, 5.41) is 48.5. The molecule has 47 heteroatoms. The van der Waals surface area contributed by atoms with Gasteiger partial charge in [0.2, 0.25) is 7.75 Å². The van der Waals surface area contributed by atoms with Crippen LogP contribution in [-0.4, -0.2) is 215 Å². The van der Waals surface area contributed by atoms with Crippen LogP contribution in [0, 0.1) is 0 Å². The summed E-state index contributed by atoms with van der Waals surface area (Å²) in [7, 11) is -22.6. The maximum Gasteiger partial charge on any atom is 1.00 e. The van der Waals surface area contributed by atoms with Gasteiger partial charge < -0.3 is 83.3 Å². The van der Waals surface area contributed by atoms with Crippen LogP contribution in [0.15, 0.2) is 23.0 Å². The number of aliphatic hydroxyl groups is 4. The summed E-state index contributed by atoms with van der Waals surface area (Å²) < 4.78 is 153. The molecular formula is C40H64Cl2F6N11NaO19P4S4-2. The standard InChI is InChI=1S/C20H30F3N6O7PS2.C17H25Cl2F3N5O12P3S2.3CH4.Na/c1-38-9-3-24-16-13-17(27-19(26-16)39-8-2-20(21,22)23)29(11-25-13)18-15(31)14(30)12(36-18)10-35-37(32,33)28-4-6-34-7-5-28;1-43-5-3-23-12-9-13(26-15(25-12)44-4-2-16(20,21)22)27(7-24-9)14-11(29)10(28)8(38-14)6-37-42(35,36)39-41(33,34)17(18,19)40(30,31)32;;;;/h11-12,14-15,18,30-31H,2-10H2,1H3,(H,32,33)(H,24,26,27);7-8,10-11,14,28-29H,2-6H2,1H3,(H,33,34)(H,35,36)(H,23,25,26)(H2,30,31,32);3*1H4;/q;;;;;+1/p-3/t12-,14-,15-,18-;8-,10-,11-,14-;;;;/m11..../s1. The first-order valence-electron chi connectivity index (χ1n) is 23.7. The molecule has 4 aromatic rings. The van der Waals surface area contributed by atoms with Crippen molar-refractivity contribution < 1.29 is 147 Å². The second-order valence-electron chi connectivity index (χ2n) is 17.4. The van der Waals surface area contributed by atoms with E-state index in [0.29, 0.717) is 36.4 Å². The Balaban J connectivity index is 0.000000570. The Morgan fingerprint density at radius 1 is 0.678 bits per heavy atom. The largest absolute Gasteiger partial charge is 1.00 e. The van der Waals surface area contributed by atoms with E-state index in [2.05, 4.69) is 49.4 Å². The number of phosphoric acid groups is 1. The number of halogens is 8. The first-order valence-corrected chi connectivity index (χ1v) is 35.3. The summed E-state index contributed by atoms with van der Waals surface area (Å²) in [5.74, 6) is 1.10. The zero-order valence-electron chi connectivity index (χ0n) is 43.6. The maximum absolute atomic E-state index is 12.7. The summed E-state index contributed by atoms with van der Waals surface area (Å²) in [5.41, 5.74) is 0.530. The van der Waals surface area contributed by atoms with Crippen LogP contribution in [0.5, 0.6) is 0 Å². The number of nitrogens with one attached hydrogen (secondary N) is 2. The molecule has 0 spiro atoms. The maximum atomic E-state index is 12.7. The number of hydrogen-bond acceptors (Lipinski definition) is 29. The van der Waals surface area contributed by atoms with Crippen LogP contribution in [-0.2, 0) is 45.8 Å². The number of fused-ring (bicyclic) bond motifs is 2. The van der Waals surface area contributed by atoms with Gasteiger partial charge in [0.15, 0.2) is 64.3 Å². The van der Waals surface area contributed by atoms with E-state index in [1.807, 2.05) is 12.5 Å². The molecule has 0 aromatic carbocycles. The van der Waals surface area contributed by atoms with Crippen LogP contribution in [0.25, 0.3) is 22.3 Å². The molecule has 3 fully saturated rings. The normalized spacial score (nSPS) is 24.1. The van der Waals surface area contributed by atoms with Gasteiger partial charge in [-0.25, -0.2) is 34.6 Å². The Kier molecular flexibility index (Phi) is 33.1. The Labute approximate surface area is 543 Å². The van der Waals surface area contributed by atoms with Gasteiger partial charge in [-0.15, -0.1) is 0 Å². The van der Waals surface area contributed by atoms with Gasteiger partial charge in [0.25, 0.3) is 11.6 Å². The summed E-state index contributed by atoms with van der Waals surface area (Å²) in [6.45, 7) is -0.0953. The molecule has 496 valence electrons. The minimum absolute atomic E-state index is 0. The summed E-state index contributed by atoms with van der Waals surface area (Å²) in [6.07, 6.45) is -17.1. The van der Waals surface area contributed by atoms with Crippen LogP contribution in [0.4, 0.5) is 38.0 Å². The van der Waals surface area contributed by atoms with Crippen molar-refractivity contribution >= 4 is 135 Å². The van der Waals surface area contributed by atoms with Crippen molar-refractivity contribution in [2.75, 3.05) is 98.8 Å². The van der Waals surface area contributed by atoms with Crippen molar-refractivity contribution in [1.82, 2.24) is 43.7 Å². The third-order valence-corrected chi connectivity index (χ3v) is 23.5. The molecule has 7 rings (SSSR count). The second-order valence-corrected chi connectivity index (χ2v) is 31.2. The number of hydrogen-bond donors (Lipinski definition) is 8. The van der Waals surface area contributed by atoms with E-state index < -0.39 is 128 Å². The molecule has 3 aliphatic heterocycles. The molecule has 4 aromatic heterocycles. The molecule has 8 N–H and O–H groups in total. The van der Waals surface area contributed by atoms with Gasteiger partial charge >= 0.3 is 49.5 Å². The van der Waals surface area contributed by atoms with Crippen molar-refractivity contribution in [1.29, 1.82) is 0 Å². The molecule has 87 heavy (non-hydrogen) atoms. The molecule has 0 saturated carbocycles. The number of nitrogens with zero attached hydrogens (tertiary/aromatic N) is 9. The van der Waals surface area contributed by atoms with Gasteiger partial charge in [-0.1, -0.05) is 69.0 Å². The molecule has 30 nitrogen and oxygen atoms in total. The SMILES string of the molecule is C.C.C.CSCCNc1nc(SCCC(F)(F)F)nc2c1ncn2[C@@H]1O[C@H](COP(=O)([O-])N2CCOCC2)[C@@H](O)[C@H]1O.CSCCNc1nc(SCCC(F)(F)F)nc2c1ncn2[C@@H]1O[C@H](COP(=O)([O-])OP(=O)([O-])C(Cl)(Cl)P(=O)(O)O)[C@@H](O)[C@H]1O.[Na+]. The molecule has 11 atom stereocenters. The predicted molar refractivity (Wildman–Crippen MR) is 304 cm³/mol. The molecule has 3 unspecified atom stereocenters. The topological polar surface area (TPSA) is 429 Å². The fourth-order valence-corrected chi connectivity index (χ4v) is 14.9. The number of morpholine rings is 1. The molecule has 7 heterocycles. The number of aliphatic hydroxyl groups excluding tert-OH is 4. The number of alkyl halides is 8. The molecule has 3 saturated heterocycles. The number of phosphoric ester groups is 1. The van der Waals surface area contributed by atoms with E-state index in [9.17, 15) is 79.7 Å². The fraction of sp³-hybridized carbons (Fsp3) is 0.750. The van der Waals surface area contributed by atoms with Gasteiger partial charge in [0.1, 0.15) is 36.6 Å². The Morgan fingerprint density at radius 3 is 1.46 bits per heavy atom. The van der Waals surface area contributed by atoms with Gasteiger partial charge in [-0.05, 0) is 12.5 Å². The Bertz CT molecular complexity index is 3030. The van der Waals surface area contributed by atoms with Crippen LogP contribution in [0.1, 0.15) is 47.6 Å². The van der Waals surface area contributed by atoms with Gasteiger partial charge in [-0.2, -0.15) is 49.9 Å². The van der Waals surface area contributed by atoms with Crippen molar-refractivity contribution in [2.45, 2.75) is 111 Å². The van der Waals surface area contributed by atoms with Crippen molar-refractivity contribution in [3.63, 3.8) is 0 Å². The summed E-state index contributed by atoms with van der Waals surface area (Å²) in [6, 6.07) is 0. The van der Waals surface area contributed by atoms with Crippen LogP contribution >= 0.6 is 101 Å². The van der Waals surface area contributed by atoms with Crippen LogP contribution in [0.2, 0.25) is 0 Å². The molecule has 0 radical (unpaired) electrons. The Morgan fingerprint density at radius 2 is 1.08 bits per heavy atom. The van der Waals surface area contributed by atoms with Crippen LogP contribution < -0.4 is 54.9 Å². The number of anilines is 2. The van der Waals surface area contributed by atoms with Crippen molar-refractivity contribution in [2.24, 2.45) is 0 Å². The monoisotopic (exact) mass is 1460 g/mol. The van der Waals surface area contributed by atoms with Crippen molar-refractivity contribution in [3.8, 4) is 0 Å². The van der Waals surface area contributed by atoms with E-state index in [0.717, 1.165) is 33.1 Å². The molecule has 0 bridgehead atoms. The average molecular weight is 1460 g/mol. The predicted octanol–water partition coefficient (Wildman–Crippen LogP) is 1.58. The van der Waals surface area contributed by atoms with E-state index in [-0.39, 0.29) is 122 Å². The summed E-state index contributed by atoms with van der Waals surface area (Å²) >= 11 is 14.8. The summed E-state index contributed by atoms with van der Waals surface area (Å²) in [4.78, 5) is 80.2. The van der Waals surface area contributed by atoms with E-state index >= 15 is 0 Å². The van der Waals surface area contributed by atoms with E-state index in [1.54, 1.807) is 11.8 Å². The zero-order valence-corrected chi connectivity index (χ0v) is 54.0. The smallest absolute Gasteiger partial charge is 0.776 e. The fourth-order valence-electron chi connectivity index (χ4n) is 7.37.